The molecule has 0 spiro atoms. The molecule has 0 aliphatic carbocycles. The zero-order valence-corrected chi connectivity index (χ0v) is 15.0. The van der Waals surface area contributed by atoms with Gasteiger partial charge in [0.1, 0.15) is 16.5 Å². The predicted molar refractivity (Wildman–Crippen MR) is 96.2 cm³/mol. The number of aromatic nitrogens is 1. The predicted octanol–water partition coefficient (Wildman–Crippen LogP) is 4.14. The highest BCUT2D eigenvalue weighted by atomic mass is 35.5. The Balaban J connectivity index is 1.65. The third kappa shape index (κ3) is 4.57. The van der Waals surface area contributed by atoms with E-state index in [9.17, 15) is 12.8 Å². The number of benzene rings is 2. The first-order valence-corrected chi connectivity index (χ1v) is 9.43. The average molecular weight is 393 g/mol. The molecule has 0 saturated heterocycles. The Bertz CT molecular complexity index is 1010. The van der Waals surface area contributed by atoms with E-state index in [1.165, 1.54) is 36.5 Å². The van der Waals surface area contributed by atoms with Crippen molar-refractivity contribution in [1.29, 1.82) is 0 Å². The SMILES string of the molecule is O=S(=O)(NCc1ccc(Oc2cccc(F)c2)nc1)c1ccccc1Cl. The fourth-order valence-corrected chi connectivity index (χ4v) is 3.68. The van der Waals surface area contributed by atoms with Crippen molar-refractivity contribution < 1.29 is 17.5 Å². The van der Waals surface area contributed by atoms with Crippen molar-refractivity contribution in [3.63, 3.8) is 0 Å². The molecule has 134 valence electrons. The van der Waals surface area contributed by atoms with Crippen molar-refractivity contribution in [2.75, 3.05) is 0 Å². The Kier molecular flexibility index (Phi) is 5.51. The van der Waals surface area contributed by atoms with Crippen LogP contribution in [0, 0.1) is 5.82 Å². The summed E-state index contributed by atoms with van der Waals surface area (Å²) in [4.78, 5) is 4.10. The summed E-state index contributed by atoms with van der Waals surface area (Å²) >= 11 is 5.92. The van der Waals surface area contributed by atoms with Crippen LogP contribution >= 0.6 is 11.6 Å². The van der Waals surface area contributed by atoms with Crippen LogP contribution in [0.4, 0.5) is 4.39 Å². The summed E-state index contributed by atoms with van der Waals surface area (Å²) in [5.41, 5.74) is 0.632. The van der Waals surface area contributed by atoms with Crippen LogP contribution in [0.25, 0.3) is 0 Å². The van der Waals surface area contributed by atoms with Gasteiger partial charge in [0, 0.05) is 24.9 Å². The molecule has 0 fully saturated rings. The van der Waals surface area contributed by atoms with E-state index in [2.05, 4.69) is 9.71 Å². The minimum absolute atomic E-state index is 0.0145. The van der Waals surface area contributed by atoms with Crippen LogP contribution in [0.5, 0.6) is 11.6 Å². The summed E-state index contributed by atoms with van der Waals surface area (Å²) in [7, 11) is -3.74. The molecule has 0 unspecified atom stereocenters. The molecule has 2 aromatic carbocycles. The molecular formula is C18H14ClFN2O3S. The van der Waals surface area contributed by atoms with E-state index in [0.29, 0.717) is 11.3 Å². The van der Waals surface area contributed by atoms with Gasteiger partial charge < -0.3 is 4.74 Å². The average Bonchev–Trinajstić information content (AvgIpc) is 2.61. The number of rotatable bonds is 6. The first kappa shape index (κ1) is 18.3. The van der Waals surface area contributed by atoms with E-state index in [4.69, 9.17) is 16.3 Å². The van der Waals surface area contributed by atoms with Crippen molar-refractivity contribution in [2.24, 2.45) is 0 Å². The van der Waals surface area contributed by atoms with E-state index >= 15 is 0 Å². The van der Waals surface area contributed by atoms with E-state index < -0.39 is 15.8 Å². The fourth-order valence-electron chi connectivity index (χ4n) is 2.15. The minimum atomic E-state index is -3.74. The number of hydrogen-bond donors (Lipinski definition) is 1. The van der Waals surface area contributed by atoms with Crippen LogP contribution in [0.2, 0.25) is 5.02 Å². The lowest BCUT2D eigenvalue weighted by Crippen LogP contribution is -2.23. The molecule has 0 aliphatic heterocycles. The van der Waals surface area contributed by atoms with Gasteiger partial charge in [-0.25, -0.2) is 22.5 Å². The number of sulfonamides is 1. The number of pyridine rings is 1. The minimum Gasteiger partial charge on any atom is -0.439 e. The Morgan fingerprint density at radius 2 is 1.88 bits per heavy atom. The lowest BCUT2D eigenvalue weighted by molar-refractivity contribution is 0.457. The van der Waals surface area contributed by atoms with Crippen molar-refractivity contribution in [3.05, 3.63) is 83.3 Å². The lowest BCUT2D eigenvalue weighted by atomic mass is 10.3. The summed E-state index contributed by atoms with van der Waals surface area (Å²) in [5.74, 6) is 0.186. The van der Waals surface area contributed by atoms with E-state index in [-0.39, 0.29) is 22.3 Å². The standard InChI is InChI=1S/C18H14ClFN2O3S/c19-16-6-1-2-7-17(16)26(23,24)22-12-13-8-9-18(21-11-13)25-15-5-3-4-14(20)10-15/h1-11,22H,12H2. The molecule has 3 rings (SSSR count). The fraction of sp³-hybridized carbons (Fsp3) is 0.0556. The highest BCUT2D eigenvalue weighted by Gasteiger charge is 2.16. The van der Waals surface area contributed by atoms with Gasteiger partial charge >= 0.3 is 0 Å². The van der Waals surface area contributed by atoms with Gasteiger partial charge in [-0.15, -0.1) is 0 Å². The molecule has 5 nitrogen and oxygen atoms in total. The molecule has 0 amide bonds. The van der Waals surface area contributed by atoms with Gasteiger partial charge in [-0.2, -0.15) is 0 Å². The highest BCUT2D eigenvalue weighted by Crippen LogP contribution is 2.22. The highest BCUT2D eigenvalue weighted by molar-refractivity contribution is 7.89. The maximum absolute atomic E-state index is 13.1. The van der Waals surface area contributed by atoms with Crippen LogP contribution in [-0.2, 0) is 16.6 Å². The third-order valence-electron chi connectivity index (χ3n) is 3.41. The number of ether oxygens (including phenoxy) is 1. The number of halogens is 2. The Morgan fingerprint density at radius 1 is 1.08 bits per heavy atom. The molecule has 0 aliphatic rings. The van der Waals surface area contributed by atoms with Crippen molar-refractivity contribution in [2.45, 2.75) is 11.4 Å². The smallest absolute Gasteiger partial charge is 0.242 e. The summed E-state index contributed by atoms with van der Waals surface area (Å²) in [5, 5.41) is 0.150. The Morgan fingerprint density at radius 3 is 2.58 bits per heavy atom. The molecule has 3 aromatic rings. The molecule has 0 saturated carbocycles. The second kappa shape index (κ2) is 7.82. The summed E-state index contributed by atoms with van der Waals surface area (Å²) in [6.07, 6.45) is 1.48. The molecule has 1 N–H and O–H groups in total. The van der Waals surface area contributed by atoms with E-state index in [0.717, 1.165) is 0 Å². The second-order valence-corrected chi connectivity index (χ2v) is 7.46. The van der Waals surface area contributed by atoms with Crippen LogP contribution in [0.1, 0.15) is 5.56 Å². The molecule has 26 heavy (non-hydrogen) atoms. The molecular weight excluding hydrogens is 379 g/mol. The number of nitrogens with one attached hydrogen (secondary N) is 1. The number of nitrogens with zero attached hydrogens (tertiary/aromatic N) is 1. The molecule has 1 aromatic heterocycles. The van der Waals surface area contributed by atoms with Gasteiger partial charge in [-0.1, -0.05) is 35.9 Å². The van der Waals surface area contributed by atoms with Gasteiger partial charge in [0.2, 0.25) is 15.9 Å². The third-order valence-corrected chi connectivity index (χ3v) is 5.31. The van der Waals surface area contributed by atoms with Gasteiger partial charge in [0.15, 0.2) is 0 Å². The molecule has 0 bridgehead atoms. The molecule has 0 radical (unpaired) electrons. The zero-order chi connectivity index (χ0) is 18.6. The monoisotopic (exact) mass is 392 g/mol. The zero-order valence-electron chi connectivity index (χ0n) is 13.4. The van der Waals surface area contributed by atoms with Crippen LogP contribution < -0.4 is 9.46 Å². The van der Waals surface area contributed by atoms with Gasteiger partial charge in [-0.05, 0) is 29.8 Å². The lowest BCUT2D eigenvalue weighted by Gasteiger charge is -2.09. The van der Waals surface area contributed by atoms with Gasteiger partial charge in [0.25, 0.3) is 0 Å². The van der Waals surface area contributed by atoms with E-state index in [1.54, 1.807) is 30.3 Å². The first-order valence-electron chi connectivity index (χ1n) is 7.56. The maximum Gasteiger partial charge on any atom is 0.242 e. The van der Waals surface area contributed by atoms with Crippen LogP contribution in [0.15, 0.2) is 71.8 Å². The largest absolute Gasteiger partial charge is 0.439 e. The molecule has 8 heteroatoms. The quantitative estimate of drug-likeness (QED) is 0.684. The van der Waals surface area contributed by atoms with Crippen molar-refractivity contribution >= 4 is 21.6 Å². The Hall–Kier alpha value is -2.48. The van der Waals surface area contributed by atoms with E-state index in [1.807, 2.05) is 0 Å². The maximum atomic E-state index is 13.1. The molecule has 0 atom stereocenters. The van der Waals surface area contributed by atoms with Crippen LogP contribution in [-0.4, -0.2) is 13.4 Å². The van der Waals surface area contributed by atoms with Gasteiger partial charge in [0.05, 0.1) is 5.02 Å². The van der Waals surface area contributed by atoms with Gasteiger partial charge in [-0.3, -0.25) is 0 Å². The van der Waals surface area contributed by atoms with Crippen LogP contribution in [0.3, 0.4) is 0 Å². The Labute approximate surface area is 155 Å². The molecule has 1 heterocycles. The number of hydrogen-bond acceptors (Lipinski definition) is 4. The summed E-state index contributed by atoms with van der Waals surface area (Å²) in [6, 6.07) is 15.1. The normalized spacial score (nSPS) is 11.3. The second-order valence-electron chi connectivity index (χ2n) is 5.32. The summed E-state index contributed by atoms with van der Waals surface area (Å²) in [6.45, 7) is 0.0425. The van der Waals surface area contributed by atoms with Crippen molar-refractivity contribution in [1.82, 2.24) is 9.71 Å². The first-order chi connectivity index (χ1) is 12.4. The van der Waals surface area contributed by atoms with Crippen molar-refractivity contribution in [3.8, 4) is 11.6 Å². The topological polar surface area (TPSA) is 68.3 Å². The summed E-state index contributed by atoms with van der Waals surface area (Å²) < 4.78 is 45.6.